The molecule has 122 valence electrons. The minimum absolute atomic E-state index is 0.111. The summed E-state index contributed by atoms with van der Waals surface area (Å²) < 4.78 is 0. The lowest BCUT2D eigenvalue weighted by molar-refractivity contribution is -0.112. The van der Waals surface area contributed by atoms with E-state index >= 15 is 0 Å². The van der Waals surface area contributed by atoms with Crippen LogP contribution in [0.4, 0.5) is 11.4 Å². The summed E-state index contributed by atoms with van der Waals surface area (Å²) >= 11 is 17.9. The summed E-state index contributed by atoms with van der Waals surface area (Å²) in [6.07, 6.45) is 1.28. The van der Waals surface area contributed by atoms with Crippen molar-refractivity contribution >= 4 is 52.1 Å². The molecular formula is C17H12Cl3N3O. The van der Waals surface area contributed by atoms with Crippen LogP contribution in [0.1, 0.15) is 5.56 Å². The molecule has 0 atom stereocenters. The first-order valence-corrected chi connectivity index (χ1v) is 7.94. The van der Waals surface area contributed by atoms with Gasteiger partial charge in [-0.1, -0.05) is 40.9 Å². The first kappa shape index (κ1) is 18.2. The van der Waals surface area contributed by atoms with Crippen molar-refractivity contribution in [2.45, 2.75) is 6.92 Å². The topological polar surface area (TPSA) is 64.9 Å². The highest BCUT2D eigenvalue weighted by Crippen LogP contribution is 2.26. The summed E-state index contributed by atoms with van der Waals surface area (Å²) in [5.74, 6) is -0.555. The fraction of sp³-hybridized carbons (Fsp3) is 0.0588. The van der Waals surface area contributed by atoms with Crippen LogP contribution in [-0.2, 0) is 4.79 Å². The zero-order valence-electron chi connectivity index (χ0n) is 12.5. The quantitative estimate of drug-likeness (QED) is 0.550. The molecule has 0 fully saturated rings. The highest BCUT2D eigenvalue weighted by atomic mass is 35.5. The second-order valence-electron chi connectivity index (χ2n) is 4.80. The van der Waals surface area contributed by atoms with Gasteiger partial charge in [0.1, 0.15) is 11.6 Å². The molecule has 0 saturated heterocycles. The minimum Gasteiger partial charge on any atom is -0.359 e. The third kappa shape index (κ3) is 4.42. The molecule has 0 spiro atoms. The van der Waals surface area contributed by atoms with Gasteiger partial charge in [-0.05, 0) is 42.8 Å². The molecule has 4 nitrogen and oxygen atoms in total. The number of nitrogens with zero attached hydrogens (tertiary/aromatic N) is 1. The smallest absolute Gasteiger partial charge is 0.267 e. The van der Waals surface area contributed by atoms with E-state index in [1.807, 2.05) is 6.07 Å². The number of halogens is 3. The van der Waals surface area contributed by atoms with Crippen molar-refractivity contribution in [3.8, 4) is 6.07 Å². The van der Waals surface area contributed by atoms with E-state index in [-0.39, 0.29) is 5.57 Å². The molecule has 0 aliphatic rings. The number of hydrogen-bond acceptors (Lipinski definition) is 3. The lowest BCUT2D eigenvalue weighted by Crippen LogP contribution is -2.15. The van der Waals surface area contributed by atoms with Crippen LogP contribution < -0.4 is 10.6 Å². The van der Waals surface area contributed by atoms with E-state index < -0.39 is 5.91 Å². The van der Waals surface area contributed by atoms with Crippen molar-refractivity contribution < 1.29 is 4.79 Å². The molecule has 1 amide bonds. The third-order valence-corrected chi connectivity index (χ3v) is 4.14. The monoisotopic (exact) mass is 379 g/mol. The van der Waals surface area contributed by atoms with Gasteiger partial charge in [-0.3, -0.25) is 4.79 Å². The van der Waals surface area contributed by atoms with Crippen molar-refractivity contribution in [1.29, 1.82) is 5.26 Å². The molecule has 0 aliphatic heterocycles. The summed E-state index contributed by atoms with van der Waals surface area (Å²) in [7, 11) is 0. The van der Waals surface area contributed by atoms with Gasteiger partial charge in [0.15, 0.2) is 0 Å². The van der Waals surface area contributed by atoms with Crippen LogP contribution in [0, 0.1) is 18.3 Å². The number of benzene rings is 2. The van der Waals surface area contributed by atoms with Gasteiger partial charge < -0.3 is 10.6 Å². The molecule has 2 aromatic rings. The molecule has 2 N–H and O–H groups in total. The van der Waals surface area contributed by atoms with Gasteiger partial charge in [-0.15, -0.1) is 0 Å². The van der Waals surface area contributed by atoms with E-state index in [2.05, 4.69) is 10.6 Å². The number of hydrogen-bond donors (Lipinski definition) is 2. The van der Waals surface area contributed by atoms with E-state index in [9.17, 15) is 10.1 Å². The van der Waals surface area contributed by atoms with Gasteiger partial charge in [0.25, 0.3) is 5.91 Å². The van der Waals surface area contributed by atoms with Crippen molar-refractivity contribution in [3.05, 3.63) is 68.8 Å². The summed E-state index contributed by atoms with van der Waals surface area (Å²) in [6.45, 7) is 1.78. The molecular weight excluding hydrogens is 369 g/mol. The minimum atomic E-state index is -0.555. The van der Waals surface area contributed by atoms with Crippen molar-refractivity contribution in [3.63, 3.8) is 0 Å². The fourth-order valence-corrected chi connectivity index (χ4v) is 2.48. The Morgan fingerprint density at radius 2 is 1.88 bits per heavy atom. The normalized spacial score (nSPS) is 10.9. The van der Waals surface area contributed by atoms with Gasteiger partial charge in [0.05, 0.1) is 10.7 Å². The standard InChI is InChI=1S/C17H12Cl3N3O/c1-10-13(19)3-2-4-15(10)23-17(24)11(8-21)9-22-16-6-5-12(18)7-14(16)20/h2-7,9,22H,1H3,(H,23,24)/b11-9-. The Labute approximate surface area is 154 Å². The van der Waals surface area contributed by atoms with Crippen LogP contribution in [-0.4, -0.2) is 5.91 Å². The Bertz CT molecular complexity index is 857. The molecule has 0 unspecified atom stereocenters. The Morgan fingerprint density at radius 1 is 1.12 bits per heavy atom. The average Bonchev–Trinajstić information content (AvgIpc) is 2.54. The SMILES string of the molecule is Cc1c(Cl)cccc1NC(=O)/C(C#N)=C\Nc1ccc(Cl)cc1Cl. The molecule has 0 aromatic heterocycles. The number of anilines is 2. The lowest BCUT2D eigenvalue weighted by atomic mass is 10.2. The summed E-state index contributed by atoms with van der Waals surface area (Å²) in [5.41, 5.74) is 1.68. The fourth-order valence-electron chi connectivity index (χ4n) is 1.84. The third-order valence-electron chi connectivity index (χ3n) is 3.18. The van der Waals surface area contributed by atoms with Crippen LogP contribution in [0.5, 0.6) is 0 Å². The maximum Gasteiger partial charge on any atom is 0.267 e. The van der Waals surface area contributed by atoms with Crippen molar-refractivity contribution in [2.24, 2.45) is 0 Å². The Kier molecular flexibility index (Phi) is 6.10. The molecule has 2 aromatic carbocycles. The predicted octanol–water partition coefficient (Wildman–Crippen LogP) is 5.41. The highest BCUT2D eigenvalue weighted by Gasteiger charge is 2.12. The molecule has 7 heteroatoms. The number of nitriles is 1. The first-order valence-electron chi connectivity index (χ1n) is 6.80. The molecule has 0 heterocycles. The summed E-state index contributed by atoms with van der Waals surface area (Å²) in [4.78, 5) is 12.2. The Balaban J connectivity index is 2.17. The summed E-state index contributed by atoms with van der Waals surface area (Å²) in [5, 5.41) is 16.1. The number of carbonyl (C=O) groups is 1. The van der Waals surface area contributed by atoms with Crippen LogP contribution in [0.15, 0.2) is 48.2 Å². The first-order chi connectivity index (χ1) is 11.4. The zero-order valence-corrected chi connectivity index (χ0v) is 14.8. The molecule has 0 radical (unpaired) electrons. The molecule has 24 heavy (non-hydrogen) atoms. The van der Waals surface area contributed by atoms with Crippen LogP contribution in [0.3, 0.4) is 0 Å². The van der Waals surface area contributed by atoms with Gasteiger partial charge in [0.2, 0.25) is 0 Å². The number of rotatable bonds is 4. The number of nitrogens with one attached hydrogen (secondary N) is 2. The van der Waals surface area contributed by atoms with E-state index in [0.717, 1.165) is 5.56 Å². The number of amides is 1. The van der Waals surface area contributed by atoms with Gasteiger partial charge in [-0.2, -0.15) is 5.26 Å². The van der Waals surface area contributed by atoms with Crippen molar-refractivity contribution in [1.82, 2.24) is 0 Å². The zero-order chi connectivity index (χ0) is 17.7. The maximum atomic E-state index is 12.2. The second-order valence-corrected chi connectivity index (χ2v) is 6.06. The Hall–Kier alpha value is -2.19. The van der Waals surface area contributed by atoms with E-state index in [1.54, 1.807) is 43.3 Å². The van der Waals surface area contributed by atoms with Gasteiger partial charge in [0, 0.05) is 21.9 Å². The van der Waals surface area contributed by atoms with Gasteiger partial charge in [-0.25, -0.2) is 0 Å². The molecule has 0 aliphatic carbocycles. The van der Waals surface area contributed by atoms with E-state index in [1.165, 1.54) is 6.20 Å². The predicted molar refractivity (Wildman–Crippen MR) is 98.6 cm³/mol. The van der Waals surface area contributed by atoms with Crippen LogP contribution >= 0.6 is 34.8 Å². The molecule has 0 bridgehead atoms. The maximum absolute atomic E-state index is 12.2. The van der Waals surface area contributed by atoms with E-state index in [0.29, 0.717) is 26.4 Å². The van der Waals surface area contributed by atoms with E-state index in [4.69, 9.17) is 34.8 Å². The molecule has 2 rings (SSSR count). The van der Waals surface area contributed by atoms with Crippen LogP contribution in [0.25, 0.3) is 0 Å². The number of carbonyl (C=O) groups excluding carboxylic acids is 1. The van der Waals surface area contributed by atoms with Gasteiger partial charge >= 0.3 is 0 Å². The summed E-state index contributed by atoms with van der Waals surface area (Å²) in [6, 6.07) is 11.8. The molecule has 0 saturated carbocycles. The largest absolute Gasteiger partial charge is 0.359 e. The second kappa shape index (κ2) is 8.07. The highest BCUT2D eigenvalue weighted by molar-refractivity contribution is 6.36. The lowest BCUT2D eigenvalue weighted by Gasteiger charge is -2.09. The average molecular weight is 381 g/mol. The van der Waals surface area contributed by atoms with Crippen LogP contribution in [0.2, 0.25) is 15.1 Å². The Morgan fingerprint density at radius 3 is 2.54 bits per heavy atom. The van der Waals surface area contributed by atoms with Crippen molar-refractivity contribution in [2.75, 3.05) is 10.6 Å².